The average molecular weight is 1090 g/mol. The zero-order chi connectivity index (χ0) is 52.5. The minimum Gasteiger partial charge on any atom is -0.455 e. The number of rotatable bonds is 15. The van der Waals surface area contributed by atoms with Gasteiger partial charge in [0.05, 0.1) is 22.3 Å². The molecule has 8 rings (SSSR count). The molecular weight excluding hydrogens is 1030 g/mol. The van der Waals surface area contributed by atoms with Gasteiger partial charge in [0.25, 0.3) is 25.8 Å². The molecule has 73 heavy (non-hydrogen) atoms. The van der Waals surface area contributed by atoms with E-state index in [0.29, 0.717) is 78.5 Å². The van der Waals surface area contributed by atoms with E-state index in [2.05, 4.69) is 55.4 Å². The van der Waals surface area contributed by atoms with Crippen molar-refractivity contribution in [3.8, 4) is 11.5 Å². The highest BCUT2D eigenvalue weighted by atomic mass is 35.5. The topological polar surface area (TPSA) is 207 Å². The Kier molecular flexibility index (Phi) is 15.9. The first-order valence-corrected chi connectivity index (χ1v) is 29.3. The Bertz CT molecular complexity index is 3200. The highest BCUT2D eigenvalue weighted by molar-refractivity contribution is 8.00. The standard InChI is InChI=1S/C50H60ClF3N8O8S3/c1-33(15-18-60-23-25-71(65,26-24-60)58-34(2)63)57-44-12-10-41(29-46(44)72(66,67)50(52,53)54)73(68,69)59-48(64)42-11-9-39(28-45(42)70-40-27-36-14-17-55-47(36)56-31-40)62-21-19-61(20-22-62)32-37-13-16-49(3,4)30-43(37)35-5-7-38(51)8-6-35/h5-12,14,17,27-29,31,33,57,71H,13,15-16,18-26,30,32H2,1-4H3,(H,55,56)(H,59,64)(H,58,63,65)/t33-/m0/s1. The van der Waals surface area contributed by atoms with Crippen molar-refractivity contribution in [3.05, 3.63) is 107 Å². The van der Waals surface area contributed by atoms with Gasteiger partial charge in [0, 0.05) is 105 Å². The molecule has 3 aromatic carbocycles. The van der Waals surface area contributed by atoms with Crippen LogP contribution in [0.25, 0.3) is 16.6 Å². The lowest BCUT2D eigenvalue weighted by atomic mass is 9.72. The molecule has 0 spiro atoms. The predicted octanol–water partition coefficient (Wildman–Crippen LogP) is 8.80. The summed E-state index contributed by atoms with van der Waals surface area (Å²) in [6.07, 6.45) is 6.48. The molecule has 1 aliphatic carbocycles. The second-order valence-corrected chi connectivity index (χ2v) is 26.6. The number of fused-ring (bicyclic) bond motifs is 1. The lowest BCUT2D eigenvalue weighted by molar-refractivity contribution is -0.115. The van der Waals surface area contributed by atoms with E-state index in [1.807, 2.05) is 21.8 Å². The van der Waals surface area contributed by atoms with E-state index < -0.39 is 68.8 Å². The lowest BCUT2D eigenvalue weighted by Crippen LogP contribution is -2.47. The van der Waals surface area contributed by atoms with Gasteiger partial charge < -0.3 is 29.4 Å². The van der Waals surface area contributed by atoms with Crippen molar-refractivity contribution in [2.24, 2.45) is 9.78 Å². The average Bonchev–Trinajstić information content (AvgIpc) is 3.80. The first-order valence-electron chi connectivity index (χ1n) is 23.9. The molecule has 394 valence electrons. The van der Waals surface area contributed by atoms with Crippen LogP contribution in [0.1, 0.15) is 69.3 Å². The molecule has 2 fully saturated rings. The van der Waals surface area contributed by atoms with E-state index in [9.17, 15) is 44.1 Å². The van der Waals surface area contributed by atoms with Crippen molar-refractivity contribution in [2.75, 3.05) is 74.1 Å². The summed E-state index contributed by atoms with van der Waals surface area (Å²) in [7, 11) is -13.9. The van der Waals surface area contributed by atoms with Crippen LogP contribution in [0.2, 0.25) is 5.02 Å². The normalized spacial score (nSPS) is 18.8. The number of ether oxygens (including phenoxy) is 1. The molecule has 23 heteroatoms. The Balaban J connectivity index is 1.00. The molecule has 4 N–H and O–H groups in total. The fraction of sp³-hybridized carbons (Fsp3) is 0.420. The van der Waals surface area contributed by atoms with Gasteiger partial charge in [-0.15, -0.1) is 0 Å². The summed E-state index contributed by atoms with van der Waals surface area (Å²) in [6.45, 7) is 12.3. The highest BCUT2D eigenvalue weighted by Gasteiger charge is 2.48. The number of pyridine rings is 1. The van der Waals surface area contributed by atoms with Crippen LogP contribution in [-0.2, 0) is 34.8 Å². The minimum atomic E-state index is -6.13. The lowest BCUT2D eigenvalue weighted by Gasteiger charge is -2.39. The summed E-state index contributed by atoms with van der Waals surface area (Å²) in [4.78, 5) is 37.2. The van der Waals surface area contributed by atoms with Gasteiger partial charge in [0.2, 0.25) is 5.91 Å². The molecule has 0 radical (unpaired) electrons. The Morgan fingerprint density at radius 2 is 1.67 bits per heavy atom. The van der Waals surface area contributed by atoms with Crippen molar-refractivity contribution in [2.45, 2.75) is 74.7 Å². The number of aromatic amines is 1. The van der Waals surface area contributed by atoms with Crippen molar-refractivity contribution in [1.29, 1.82) is 0 Å². The largest absolute Gasteiger partial charge is 0.501 e. The number of halogens is 4. The van der Waals surface area contributed by atoms with E-state index in [4.69, 9.17) is 16.3 Å². The summed E-state index contributed by atoms with van der Waals surface area (Å²) < 4.78 is 119. The van der Waals surface area contributed by atoms with E-state index >= 15 is 0 Å². The molecule has 2 amide bonds. The Hall–Kier alpha value is -5.36. The molecule has 5 aromatic rings. The molecule has 0 unspecified atom stereocenters. The zero-order valence-corrected chi connectivity index (χ0v) is 44.2. The molecule has 2 aliphatic heterocycles. The maximum Gasteiger partial charge on any atom is 0.501 e. The number of carbonyl (C=O) groups is 2. The number of nitrogens with zero attached hydrogens (tertiary/aromatic N) is 5. The van der Waals surface area contributed by atoms with Gasteiger partial charge in [-0.05, 0) is 104 Å². The molecule has 4 heterocycles. The quantitative estimate of drug-likeness (QED) is 0.0623. The molecule has 16 nitrogen and oxygen atoms in total. The zero-order valence-electron chi connectivity index (χ0n) is 40.9. The maximum absolute atomic E-state index is 14.2. The summed E-state index contributed by atoms with van der Waals surface area (Å²) >= 11 is 6.24. The summed E-state index contributed by atoms with van der Waals surface area (Å²) in [5.74, 6) is -0.826. The van der Waals surface area contributed by atoms with E-state index in [-0.39, 0.29) is 22.5 Å². The number of sulfone groups is 1. The number of thiol groups is 1. The van der Waals surface area contributed by atoms with Gasteiger partial charge in [0.15, 0.2) is 0 Å². The first kappa shape index (κ1) is 53.9. The monoisotopic (exact) mass is 1090 g/mol. The van der Waals surface area contributed by atoms with Crippen molar-refractivity contribution in [3.63, 3.8) is 0 Å². The van der Waals surface area contributed by atoms with Crippen LogP contribution in [0.4, 0.5) is 24.5 Å². The van der Waals surface area contributed by atoms with Gasteiger partial charge in [-0.2, -0.15) is 17.5 Å². The highest BCUT2D eigenvalue weighted by Crippen LogP contribution is 2.44. The molecule has 1 atom stereocenters. The van der Waals surface area contributed by atoms with Crippen LogP contribution in [0.15, 0.2) is 105 Å². The van der Waals surface area contributed by atoms with Crippen molar-refractivity contribution >= 4 is 81.4 Å². The number of nitrogens with one attached hydrogen (secondary N) is 3. The Labute approximate surface area is 429 Å². The molecule has 2 aromatic heterocycles. The van der Waals surface area contributed by atoms with Gasteiger partial charge in [0.1, 0.15) is 22.0 Å². The number of hydrogen-bond donors (Lipinski definition) is 5. The number of sulfonamides is 1. The molecule has 0 bridgehead atoms. The Morgan fingerprint density at radius 1 is 0.959 bits per heavy atom. The SMILES string of the molecule is CC(=O)N=[SH]1(O)CCN(CC[C@H](C)Nc2ccc(S(=O)(=O)NC(=O)c3ccc(N4CCN(CC5=C(c6ccc(Cl)cc6)CC(C)(C)CC5)CC4)cc3Oc3cnc4[nH]ccc4c3)cc2S(=O)(=O)C(F)(F)F)CC1. The second kappa shape index (κ2) is 21.5. The molecule has 2 saturated heterocycles. The fourth-order valence-corrected chi connectivity index (χ4v) is 13.8. The summed E-state index contributed by atoms with van der Waals surface area (Å²) in [5.41, 5.74) is -1.14. The fourth-order valence-electron chi connectivity index (χ4n) is 9.48. The van der Waals surface area contributed by atoms with Crippen LogP contribution < -0.4 is 19.7 Å². The third-order valence-corrected chi connectivity index (χ3v) is 19.2. The van der Waals surface area contributed by atoms with Crippen LogP contribution in [0.3, 0.4) is 0 Å². The number of anilines is 2. The number of benzene rings is 3. The number of aromatic nitrogens is 2. The van der Waals surface area contributed by atoms with E-state index in [0.717, 1.165) is 51.0 Å². The first-order chi connectivity index (χ1) is 34.4. The number of piperazine rings is 1. The van der Waals surface area contributed by atoms with Gasteiger partial charge in [-0.1, -0.05) is 53.3 Å². The maximum atomic E-state index is 14.2. The van der Waals surface area contributed by atoms with Crippen LogP contribution >= 0.6 is 11.6 Å². The second-order valence-electron chi connectivity index (χ2n) is 19.7. The van der Waals surface area contributed by atoms with Gasteiger partial charge in [-0.3, -0.25) is 14.5 Å². The number of amides is 2. The number of allylic oxidation sites excluding steroid dienone is 1. The number of alkyl halides is 3. The van der Waals surface area contributed by atoms with Crippen molar-refractivity contribution < 1.29 is 48.9 Å². The van der Waals surface area contributed by atoms with Gasteiger partial charge >= 0.3 is 5.51 Å². The Morgan fingerprint density at radius 3 is 2.36 bits per heavy atom. The molecular formula is C50H60ClF3N8O8S3. The van der Waals surface area contributed by atoms with Crippen LogP contribution in [-0.4, -0.2) is 128 Å². The van der Waals surface area contributed by atoms with Crippen LogP contribution in [0, 0.1) is 5.41 Å². The smallest absolute Gasteiger partial charge is 0.455 e. The third kappa shape index (κ3) is 12.9. The predicted molar refractivity (Wildman–Crippen MR) is 280 cm³/mol. The minimum absolute atomic E-state index is 0.0336. The van der Waals surface area contributed by atoms with Crippen LogP contribution in [0.5, 0.6) is 11.5 Å². The molecule has 3 aliphatic rings. The summed E-state index contributed by atoms with van der Waals surface area (Å²) in [5, 5.41) is 4.18. The number of carbonyl (C=O) groups excluding carboxylic acids is 2. The van der Waals surface area contributed by atoms with E-state index in [1.54, 1.807) is 37.4 Å². The number of H-pyrrole nitrogens is 1. The van der Waals surface area contributed by atoms with Gasteiger partial charge in [-0.25, -0.2) is 26.5 Å². The summed E-state index contributed by atoms with van der Waals surface area (Å²) in [6, 6.07) is 17.8. The van der Waals surface area contributed by atoms with E-state index in [1.165, 1.54) is 35.9 Å². The molecule has 0 saturated carbocycles. The third-order valence-electron chi connectivity index (χ3n) is 13.6. The number of hydrogen-bond acceptors (Lipinski definition) is 12. The van der Waals surface area contributed by atoms with Crippen molar-refractivity contribution in [1.82, 2.24) is 24.5 Å².